The van der Waals surface area contributed by atoms with E-state index in [4.69, 9.17) is 10.2 Å². The Morgan fingerprint density at radius 3 is 2.77 bits per heavy atom. The molecule has 1 aromatic heterocycles. The molecule has 0 amide bonds. The number of nitrogens with zero attached hydrogens (tertiary/aromatic N) is 2. The molecule has 2 aromatic rings. The highest BCUT2D eigenvalue weighted by Gasteiger charge is 2.20. The highest BCUT2D eigenvalue weighted by Crippen LogP contribution is 2.28. The van der Waals surface area contributed by atoms with Gasteiger partial charge in [0.15, 0.2) is 0 Å². The lowest BCUT2D eigenvalue weighted by atomic mass is 10.1. The van der Waals surface area contributed by atoms with Crippen LogP contribution in [0.3, 0.4) is 0 Å². The van der Waals surface area contributed by atoms with Crippen LogP contribution in [0.1, 0.15) is 47.8 Å². The summed E-state index contributed by atoms with van der Waals surface area (Å²) < 4.78 is 1.93. The van der Waals surface area contributed by atoms with Crippen molar-refractivity contribution in [3.8, 4) is 5.69 Å². The second kappa shape index (κ2) is 6.22. The number of benzene rings is 1. The molecule has 116 valence electrons. The molecule has 3 rings (SSSR count). The van der Waals surface area contributed by atoms with Crippen molar-refractivity contribution < 1.29 is 9.90 Å². The lowest BCUT2D eigenvalue weighted by Crippen LogP contribution is -2.07. The summed E-state index contributed by atoms with van der Waals surface area (Å²) in [7, 11) is 0. The van der Waals surface area contributed by atoms with E-state index in [1.54, 1.807) is 12.1 Å². The predicted molar refractivity (Wildman–Crippen MR) is 85.9 cm³/mol. The van der Waals surface area contributed by atoms with E-state index in [1.807, 2.05) is 16.8 Å². The van der Waals surface area contributed by atoms with Gasteiger partial charge in [-0.2, -0.15) is 5.10 Å². The standard InChI is InChI=1S/C17H21N3O2/c1-2-5-15-14-6-3-4-11-18-16(14)20(19-15)13-9-7-12(8-10-13)17(21)22/h7-10,18H,2-6,11H2,1H3,(H,21,22). The number of hydrogen-bond acceptors (Lipinski definition) is 3. The Balaban J connectivity index is 2.04. The minimum Gasteiger partial charge on any atom is -0.478 e. The third-order valence-electron chi connectivity index (χ3n) is 4.06. The third kappa shape index (κ3) is 2.71. The van der Waals surface area contributed by atoms with E-state index in [0.29, 0.717) is 5.56 Å². The van der Waals surface area contributed by atoms with Crippen LogP contribution in [0.4, 0.5) is 5.82 Å². The average molecular weight is 299 g/mol. The Bertz CT molecular complexity index is 674. The van der Waals surface area contributed by atoms with Crippen molar-refractivity contribution in [1.82, 2.24) is 9.78 Å². The van der Waals surface area contributed by atoms with Crippen LogP contribution in [-0.4, -0.2) is 27.4 Å². The molecule has 5 heteroatoms. The highest BCUT2D eigenvalue weighted by molar-refractivity contribution is 5.87. The van der Waals surface area contributed by atoms with E-state index in [1.165, 1.54) is 12.0 Å². The quantitative estimate of drug-likeness (QED) is 0.909. The summed E-state index contributed by atoms with van der Waals surface area (Å²) in [5, 5.41) is 17.3. The van der Waals surface area contributed by atoms with E-state index >= 15 is 0 Å². The van der Waals surface area contributed by atoms with Crippen molar-refractivity contribution in [2.75, 3.05) is 11.9 Å². The molecule has 0 saturated carbocycles. The second-order valence-corrected chi connectivity index (χ2v) is 5.67. The van der Waals surface area contributed by atoms with Gasteiger partial charge >= 0.3 is 5.97 Å². The van der Waals surface area contributed by atoms with Gasteiger partial charge in [-0.1, -0.05) is 13.3 Å². The normalized spacial score (nSPS) is 14.0. The Hall–Kier alpha value is -2.30. The number of rotatable bonds is 4. The second-order valence-electron chi connectivity index (χ2n) is 5.67. The Kier molecular flexibility index (Phi) is 4.13. The first-order chi connectivity index (χ1) is 10.7. The lowest BCUT2D eigenvalue weighted by molar-refractivity contribution is 0.0697. The zero-order chi connectivity index (χ0) is 15.5. The van der Waals surface area contributed by atoms with E-state index < -0.39 is 5.97 Å². The Morgan fingerprint density at radius 1 is 1.32 bits per heavy atom. The molecule has 0 fully saturated rings. The van der Waals surface area contributed by atoms with E-state index in [2.05, 4.69) is 12.2 Å². The van der Waals surface area contributed by atoms with Crippen molar-refractivity contribution >= 4 is 11.8 Å². The molecule has 1 aliphatic rings. The van der Waals surface area contributed by atoms with Gasteiger partial charge in [-0.25, -0.2) is 9.48 Å². The maximum Gasteiger partial charge on any atom is 0.335 e. The van der Waals surface area contributed by atoms with Crippen LogP contribution in [0.5, 0.6) is 0 Å². The maximum absolute atomic E-state index is 11.0. The zero-order valence-corrected chi connectivity index (χ0v) is 12.8. The summed E-state index contributed by atoms with van der Waals surface area (Å²) in [5.41, 5.74) is 3.68. The van der Waals surface area contributed by atoms with Gasteiger partial charge in [0.2, 0.25) is 0 Å². The number of anilines is 1. The van der Waals surface area contributed by atoms with Crippen molar-refractivity contribution in [3.63, 3.8) is 0 Å². The molecule has 0 spiro atoms. The van der Waals surface area contributed by atoms with Gasteiger partial charge in [-0.3, -0.25) is 0 Å². The first kappa shape index (κ1) is 14.6. The van der Waals surface area contributed by atoms with Gasteiger partial charge in [0.1, 0.15) is 5.82 Å². The molecule has 5 nitrogen and oxygen atoms in total. The molecular weight excluding hydrogens is 278 g/mol. The SMILES string of the molecule is CCCc1nn(-c2ccc(C(=O)O)cc2)c2c1CCCCN2. The summed E-state index contributed by atoms with van der Waals surface area (Å²) in [4.78, 5) is 11.0. The number of carboxylic acid groups (broad SMARTS) is 1. The minimum atomic E-state index is -0.907. The number of nitrogens with one attached hydrogen (secondary N) is 1. The number of aryl methyl sites for hydroxylation is 1. The minimum absolute atomic E-state index is 0.295. The van der Waals surface area contributed by atoms with Crippen molar-refractivity contribution in [2.45, 2.75) is 39.0 Å². The first-order valence-electron chi connectivity index (χ1n) is 7.89. The average Bonchev–Trinajstić information content (AvgIpc) is 2.71. The monoisotopic (exact) mass is 299 g/mol. The van der Waals surface area contributed by atoms with Gasteiger partial charge in [0.25, 0.3) is 0 Å². The molecule has 0 radical (unpaired) electrons. The summed E-state index contributed by atoms with van der Waals surface area (Å²) >= 11 is 0. The fourth-order valence-corrected chi connectivity index (χ4v) is 2.94. The number of aromatic nitrogens is 2. The molecule has 2 heterocycles. The number of hydrogen-bond donors (Lipinski definition) is 2. The van der Waals surface area contributed by atoms with Crippen molar-refractivity contribution in [3.05, 3.63) is 41.1 Å². The van der Waals surface area contributed by atoms with Crippen LogP contribution in [-0.2, 0) is 12.8 Å². The highest BCUT2D eigenvalue weighted by atomic mass is 16.4. The molecule has 1 aliphatic heterocycles. The van der Waals surface area contributed by atoms with Crippen LogP contribution in [0, 0.1) is 0 Å². The van der Waals surface area contributed by atoms with Crippen LogP contribution >= 0.6 is 0 Å². The van der Waals surface area contributed by atoms with Crippen LogP contribution in [0.15, 0.2) is 24.3 Å². The summed E-state index contributed by atoms with van der Waals surface area (Å²) in [6.07, 6.45) is 5.45. The molecule has 22 heavy (non-hydrogen) atoms. The Morgan fingerprint density at radius 2 is 2.09 bits per heavy atom. The number of fused-ring (bicyclic) bond motifs is 1. The molecule has 0 unspecified atom stereocenters. The molecular formula is C17H21N3O2. The van der Waals surface area contributed by atoms with Gasteiger partial charge < -0.3 is 10.4 Å². The molecule has 1 aromatic carbocycles. The molecule has 0 atom stereocenters. The van der Waals surface area contributed by atoms with Crippen molar-refractivity contribution in [1.29, 1.82) is 0 Å². The lowest BCUT2D eigenvalue weighted by Gasteiger charge is -2.09. The Labute approximate surface area is 130 Å². The smallest absolute Gasteiger partial charge is 0.335 e. The number of carbonyl (C=O) groups is 1. The molecule has 0 aliphatic carbocycles. The fourth-order valence-electron chi connectivity index (χ4n) is 2.94. The van der Waals surface area contributed by atoms with Gasteiger partial charge in [-0.15, -0.1) is 0 Å². The van der Waals surface area contributed by atoms with Gasteiger partial charge in [0.05, 0.1) is 16.9 Å². The van der Waals surface area contributed by atoms with E-state index in [0.717, 1.165) is 49.4 Å². The zero-order valence-electron chi connectivity index (χ0n) is 12.8. The number of aromatic carboxylic acids is 1. The van der Waals surface area contributed by atoms with E-state index in [-0.39, 0.29) is 0 Å². The van der Waals surface area contributed by atoms with Gasteiger partial charge in [0, 0.05) is 12.1 Å². The summed E-state index contributed by atoms with van der Waals surface area (Å²) in [6.45, 7) is 3.12. The number of carboxylic acids is 1. The largest absolute Gasteiger partial charge is 0.478 e. The summed E-state index contributed by atoms with van der Waals surface area (Å²) in [6, 6.07) is 6.89. The third-order valence-corrected chi connectivity index (χ3v) is 4.06. The molecule has 0 saturated heterocycles. The van der Waals surface area contributed by atoms with Crippen molar-refractivity contribution in [2.24, 2.45) is 0 Å². The van der Waals surface area contributed by atoms with Crippen LogP contribution < -0.4 is 5.32 Å². The molecule has 2 N–H and O–H groups in total. The van der Waals surface area contributed by atoms with Crippen LogP contribution in [0.2, 0.25) is 0 Å². The summed E-state index contributed by atoms with van der Waals surface area (Å²) in [5.74, 6) is 0.166. The van der Waals surface area contributed by atoms with E-state index in [9.17, 15) is 4.79 Å². The van der Waals surface area contributed by atoms with Crippen LogP contribution in [0.25, 0.3) is 5.69 Å². The topological polar surface area (TPSA) is 67.2 Å². The fraction of sp³-hybridized carbons (Fsp3) is 0.412. The first-order valence-corrected chi connectivity index (χ1v) is 7.89. The molecule has 0 bridgehead atoms. The van der Waals surface area contributed by atoms with Gasteiger partial charge in [-0.05, 0) is 49.9 Å². The maximum atomic E-state index is 11.0. The predicted octanol–water partition coefficient (Wildman–Crippen LogP) is 3.27.